The summed E-state index contributed by atoms with van der Waals surface area (Å²) in [4.78, 5) is 0. The number of ether oxygens (including phenoxy) is 1. The predicted molar refractivity (Wildman–Crippen MR) is 85.7 cm³/mol. The van der Waals surface area contributed by atoms with Crippen LogP contribution in [0.4, 0.5) is 0 Å². The van der Waals surface area contributed by atoms with Gasteiger partial charge in [-0.15, -0.1) is 0 Å². The average Bonchev–Trinajstić information content (AvgIpc) is 2.72. The van der Waals surface area contributed by atoms with E-state index in [9.17, 15) is 0 Å². The highest BCUT2D eigenvalue weighted by molar-refractivity contribution is 9.08. The Morgan fingerprint density at radius 1 is 1.25 bits per heavy atom. The first-order chi connectivity index (χ1) is 9.65. The zero-order chi connectivity index (χ0) is 14.5. The molecule has 0 saturated carbocycles. The summed E-state index contributed by atoms with van der Waals surface area (Å²) >= 11 is 3.49. The molecule has 1 aromatic carbocycles. The second-order valence-corrected chi connectivity index (χ2v) is 5.54. The van der Waals surface area contributed by atoms with Crippen LogP contribution in [0.2, 0.25) is 0 Å². The summed E-state index contributed by atoms with van der Waals surface area (Å²) in [5, 5.41) is 5.14. The van der Waals surface area contributed by atoms with Gasteiger partial charge in [-0.05, 0) is 37.5 Å². The third-order valence-electron chi connectivity index (χ3n) is 3.38. The van der Waals surface area contributed by atoms with E-state index < -0.39 is 0 Å². The fourth-order valence-electron chi connectivity index (χ4n) is 2.18. The van der Waals surface area contributed by atoms with Gasteiger partial charge in [0, 0.05) is 17.9 Å². The zero-order valence-electron chi connectivity index (χ0n) is 12.3. The molecule has 2 rings (SSSR count). The van der Waals surface area contributed by atoms with Crippen LogP contribution in [-0.4, -0.2) is 9.78 Å². The first kappa shape index (κ1) is 15.1. The third-order valence-corrected chi connectivity index (χ3v) is 3.94. The Hall–Kier alpha value is -1.29. The number of rotatable bonds is 6. The summed E-state index contributed by atoms with van der Waals surface area (Å²) < 4.78 is 7.77. The number of nitrogens with zero attached hydrogens (tertiary/aromatic N) is 2. The Morgan fingerprint density at radius 3 is 2.55 bits per heavy atom. The van der Waals surface area contributed by atoms with E-state index in [4.69, 9.17) is 4.74 Å². The smallest absolute Gasteiger partial charge is 0.221 e. The van der Waals surface area contributed by atoms with E-state index >= 15 is 0 Å². The van der Waals surface area contributed by atoms with Gasteiger partial charge in [-0.25, -0.2) is 4.68 Å². The standard InChI is InChI=1S/C16H21BrN2O/c1-4-5-6-13-7-9-14(10-8-13)20-16-15(11-17)12(2)18-19(16)3/h7-10H,4-6,11H2,1-3H3. The van der Waals surface area contributed by atoms with Crippen LogP contribution in [0.3, 0.4) is 0 Å². The number of halogens is 1. The van der Waals surface area contributed by atoms with Crippen LogP contribution in [-0.2, 0) is 18.8 Å². The van der Waals surface area contributed by atoms with Gasteiger partial charge in [-0.2, -0.15) is 5.10 Å². The molecule has 3 nitrogen and oxygen atoms in total. The number of alkyl halides is 1. The van der Waals surface area contributed by atoms with Crippen molar-refractivity contribution >= 4 is 15.9 Å². The number of hydrogen-bond donors (Lipinski definition) is 0. The van der Waals surface area contributed by atoms with Gasteiger partial charge in [0.25, 0.3) is 0 Å². The maximum Gasteiger partial charge on any atom is 0.221 e. The summed E-state index contributed by atoms with van der Waals surface area (Å²) in [5.41, 5.74) is 3.46. The molecule has 4 heteroatoms. The summed E-state index contributed by atoms with van der Waals surface area (Å²) in [6.45, 7) is 4.21. The highest BCUT2D eigenvalue weighted by atomic mass is 79.9. The third kappa shape index (κ3) is 3.42. The molecule has 2 aromatic rings. The zero-order valence-corrected chi connectivity index (χ0v) is 13.9. The van der Waals surface area contributed by atoms with Gasteiger partial charge in [0.15, 0.2) is 0 Å². The summed E-state index contributed by atoms with van der Waals surface area (Å²) in [6.07, 6.45) is 3.59. The lowest BCUT2D eigenvalue weighted by molar-refractivity contribution is 0.427. The number of hydrogen-bond acceptors (Lipinski definition) is 2. The quantitative estimate of drug-likeness (QED) is 0.711. The maximum absolute atomic E-state index is 5.98. The molecule has 108 valence electrons. The highest BCUT2D eigenvalue weighted by Gasteiger charge is 2.14. The summed E-state index contributed by atoms with van der Waals surface area (Å²) in [5.74, 6) is 1.66. The van der Waals surface area contributed by atoms with Crippen molar-refractivity contribution in [2.24, 2.45) is 7.05 Å². The molecule has 0 aliphatic heterocycles. The lowest BCUT2D eigenvalue weighted by Crippen LogP contribution is -1.96. The molecule has 0 atom stereocenters. The van der Waals surface area contributed by atoms with Gasteiger partial charge in [0.2, 0.25) is 5.88 Å². The Morgan fingerprint density at radius 2 is 1.95 bits per heavy atom. The van der Waals surface area contributed by atoms with Gasteiger partial charge in [0.1, 0.15) is 5.75 Å². The molecule has 1 aromatic heterocycles. The minimum Gasteiger partial charge on any atom is -0.439 e. The largest absolute Gasteiger partial charge is 0.439 e. The van der Waals surface area contributed by atoms with Gasteiger partial charge >= 0.3 is 0 Å². The molecule has 0 fully saturated rings. The van der Waals surface area contributed by atoms with E-state index in [2.05, 4.69) is 40.1 Å². The van der Waals surface area contributed by atoms with E-state index in [0.717, 1.165) is 34.6 Å². The van der Waals surface area contributed by atoms with E-state index in [1.54, 1.807) is 4.68 Å². The number of aromatic nitrogens is 2. The van der Waals surface area contributed by atoms with Crippen LogP contribution in [0.1, 0.15) is 36.6 Å². The molecule has 0 bridgehead atoms. The van der Waals surface area contributed by atoms with Crippen LogP contribution < -0.4 is 4.74 Å². The van der Waals surface area contributed by atoms with E-state index in [-0.39, 0.29) is 0 Å². The fraction of sp³-hybridized carbons (Fsp3) is 0.438. The number of benzene rings is 1. The van der Waals surface area contributed by atoms with Crippen molar-refractivity contribution in [3.8, 4) is 11.6 Å². The normalized spacial score (nSPS) is 10.8. The Bertz CT molecular complexity index is 561. The molecule has 0 N–H and O–H groups in total. The Labute approximate surface area is 129 Å². The topological polar surface area (TPSA) is 27.1 Å². The molecule has 0 amide bonds. The monoisotopic (exact) mass is 336 g/mol. The van der Waals surface area contributed by atoms with Crippen molar-refractivity contribution < 1.29 is 4.74 Å². The lowest BCUT2D eigenvalue weighted by atomic mass is 10.1. The first-order valence-electron chi connectivity index (χ1n) is 7.01. The summed E-state index contributed by atoms with van der Waals surface area (Å²) in [7, 11) is 1.91. The highest BCUT2D eigenvalue weighted by Crippen LogP contribution is 2.29. The first-order valence-corrected chi connectivity index (χ1v) is 8.13. The van der Waals surface area contributed by atoms with E-state index in [1.807, 2.05) is 26.1 Å². The van der Waals surface area contributed by atoms with Gasteiger partial charge in [0.05, 0.1) is 5.69 Å². The van der Waals surface area contributed by atoms with Crippen LogP contribution in [0.15, 0.2) is 24.3 Å². The van der Waals surface area contributed by atoms with Gasteiger partial charge < -0.3 is 4.74 Å². The molecule has 0 unspecified atom stereocenters. The van der Waals surface area contributed by atoms with E-state index in [0.29, 0.717) is 0 Å². The minimum atomic E-state index is 0.747. The molecule has 1 heterocycles. The van der Waals surface area contributed by atoms with Crippen LogP contribution in [0.5, 0.6) is 11.6 Å². The molecule has 0 saturated heterocycles. The van der Waals surface area contributed by atoms with Crippen molar-refractivity contribution in [3.63, 3.8) is 0 Å². The van der Waals surface area contributed by atoms with Gasteiger partial charge in [-0.3, -0.25) is 0 Å². The SMILES string of the molecule is CCCCc1ccc(Oc2c(CBr)c(C)nn2C)cc1. The van der Waals surface area contributed by atoms with E-state index in [1.165, 1.54) is 18.4 Å². The average molecular weight is 337 g/mol. The lowest BCUT2D eigenvalue weighted by Gasteiger charge is -2.08. The van der Waals surface area contributed by atoms with Crippen LogP contribution in [0, 0.1) is 6.92 Å². The number of unbranched alkanes of at least 4 members (excludes halogenated alkanes) is 1. The second-order valence-electron chi connectivity index (χ2n) is 4.98. The van der Waals surface area contributed by atoms with Gasteiger partial charge in [-0.1, -0.05) is 41.4 Å². The second kappa shape index (κ2) is 6.93. The maximum atomic E-state index is 5.98. The van der Waals surface area contributed by atoms with Crippen LogP contribution in [0.25, 0.3) is 0 Å². The minimum absolute atomic E-state index is 0.747. The fourth-order valence-corrected chi connectivity index (χ4v) is 2.82. The van der Waals surface area contributed by atoms with Crippen molar-refractivity contribution in [1.29, 1.82) is 0 Å². The Balaban J connectivity index is 2.14. The molecule has 0 radical (unpaired) electrons. The van der Waals surface area contributed by atoms with Crippen molar-refractivity contribution in [1.82, 2.24) is 9.78 Å². The molecule has 0 aliphatic carbocycles. The molecular formula is C16H21BrN2O. The number of aryl methyl sites for hydroxylation is 3. The molecule has 0 spiro atoms. The summed E-state index contributed by atoms with van der Waals surface area (Å²) in [6, 6.07) is 8.35. The molecule has 20 heavy (non-hydrogen) atoms. The molecular weight excluding hydrogens is 316 g/mol. The molecule has 0 aliphatic rings. The van der Waals surface area contributed by atoms with Crippen molar-refractivity contribution in [2.45, 2.75) is 38.4 Å². The Kier molecular flexibility index (Phi) is 5.24. The van der Waals surface area contributed by atoms with Crippen molar-refractivity contribution in [2.75, 3.05) is 0 Å². The predicted octanol–water partition coefficient (Wildman–Crippen LogP) is 4.76. The van der Waals surface area contributed by atoms with Crippen molar-refractivity contribution in [3.05, 3.63) is 41.1 Å². The van der Waals surface area contributed by atoms with Crippen LogP contribution >= 0.6 is 15.9 Å².